The number of hydrogen-bond donors (Lipinski definition) is 2. The highest BCUT2D eigenvalue weighted by molar-refractivity contribution is 5.84. The van der Waals surface area contributed by atoms with Crippen LogP contribution in [0.1, 0.15) is 49.8 Å². The molecule has 0 radical (unpaired) electrons. The third kappa shape index (κ3) is 4.79. The second kappa shape index (κ2) is 9.40. The molecule has 0 amide bonds. The predicted molar refractivity (Wildman–Crippen MR) is 137 cm³/mol. The van der Waals surface area contributed by atoms with Crippen LogP contribution in [0.4, 0.5) is 8.78 Å². The summed E-state index contributed by atoms with van der Waals surface area (Å²) in [6.07, 6.45) is 3.61. The van der Waals surface area contributed by atoms with Gasteiger partial charge in [0, 0.05) is 36.7 Å². The molecule has 0 saturated carbocycles. The Morgan fingerprint density at radius 2 is 1.72 bits per heavy atom. The SMILES string of the molecule is CC(C)(O)Cc1ccc(-c2ccc(CN3[C@@H]4CC[C@H]3[C@@H](N)C4)cc2-c2ccc(C#N)c(F)c2)c(F)c1. The van der Waals surface area contributed by atoms with E-state index in [1.54, 1.807) is 26.0 Å². The fraction of sp³-hybridized carbons (Fsp3) is 0.367. The molecule has 2 aliphatic rings. The molecule has 0 spiro atoms. The van der Waals surface area contributed by atoms with Gasteiger partial charge in [0.15, 0.2) is 0 Å². The molecule has 0 aliphatic carbocycles. The number of nitriles is 1. The zero-order valence-electron chi connectivity index (χ0n) is 20.6. The average molecular weight is 488 g/mol. The van der Waals surface area contributed by atoms with Crippen molar-refractivity contribution >= 4 is 0 Å². The van der Waals surface area contributed by atoms with Gasteiger partial charge in [-0.3, -0.25) is 4.90 Å². The van der Waals surface area contributed by atoms with Crippen LogP contribution in [-0.2, 0) is 13.0 Å². The maximum atomic E-state index is 15.4. The first-order valence-electron chi connectivity index (χ1n) is 12.5. The van der Waals surface area contributed by atoms with Crippen LogP contribution in [0.3, 0.4) is 0 Å². The van der Waals surface area contributed by atoms with Crippen molar-refractivity contribution in [2.45, 2.75) is 69.8 Å². The highest BCUT2D eigenvalue weighted by Gasteiger charge is 2.44. The largest absolute Gasteiger partial charge is 0.390 e. The summed E-state index contributed by atoms with van der Waals surface area (Å²) in [5.74, 6) is -1.00. The Labute approximate surface area is 211 Å². The second-order valence-electron chi connectivity index (χ2n) is 10.9. The van der Waals surface area contributed by atoms with E-state index in [-0.39, 0.29) is 11.6 Å². The van der Waals surface area contributed by atoms with Gasteiger partial charge >= 0.3 is 0 Å². The molecule has 4 nitrogen and oxygen atoms in total. The van der Waals surface area contributed by atoms with Gasteiger partial charge in [-0.2, -0.15) is 5.26 Å². The molecule has 3 atom stereocenters. The average Bonchev–Trinajstić information content (AvgIpc) is 3.33. The van der Waals surface area contributed by atoms with Crippen molar-refractivity contribution in [2.24, 2.45) is 5.73 Å². The third-order valence-electron chi connectivity index (χ3n) is 7.54. The molecule has 2 fully saturated rings. The van der Waals surface area contributed by atoms with Gasteiger partial charge in [0.1, 0.15) is 17.7 Å². The lowest BCUT2D eigenvalue weighted by atomic mass is 9.90. The van der Waals surface area contributed by atoms with Crippen LogP contribution in [0.5, 0.6) is 0 Å². The Bertz CT molecular complexity index is 1340. The number of rotatable bonds is 6. The summed E-state index contributed by atoms with van der Waals surface area (Å²) in [6, 6.07) is 18.3. The minimum absolute atomic E-state index is 0.0266. The predicted octanol–water partition coefficient (Wildman–Crippen LogP) is 5.55. The number of nitrogens with two attached hydrogens (primary N) is 1. The molecule has 3 aromatic carbocycles. The molecule has 2 bridgehead atoms. The van der Waals surface area contributed by atoms with E-state index in [1.807, 2.05) is 30.3 Å². The van der Waals surface area contributed by atoms with Gasteiger partial charge in [0.2, 0.25) is 0 Å². The molecule has 36 heavy (non-hydrogen) atoms. The summed E-state index contributed by atoms with van der Waals surface area (Å²) >= 11 is 0. The molecule has 0 unspecified atom stereocenters. The van der Waals surface area contributed by atoms with Crippen molar-refractivity contribution in [2.75, 3.05) is 0 Å². The lowest BCUT2D eigenvalue weighted by Crippen LogP contribution is -2.36. The number of benzene rings is 3. The molecule has 6 heteroatoms. The van der Waals surface area contributed by atoms with Gasteiger partial charge in [-0.1, -0.05) is 30.3 Å². The summed E-state index contributed by atoms with van der Waals surface area (Å²) < 4.78 is 30.0. The smallest absolute Gasteiger partial charge is 0.141 e. The van der Waals surface area contributed by atoms with Crippen molar-refractivity contribution in [3.63, 3.8) is 0 Å². The maximum Gasteiger partial charge on any atom is 0.141 e. The molecule has 3 aromatic rings. The van der Waals surface area contributed by atoms with E-state index in [1.165, 1.54) is 18.2 Å². The van der Waals surface area contributed by atoms with Crippen molar-refractivity contribution in [3.05, 3.63) is 82.9 Å². The number of hydrogen-bond acceptors (Lipinski definition) is 4. The first-order valence-corrected chi connectivity index (χ1v) is 12.5. The zero-order chi connectivity index (χ0) is 25.6. The fourth-order valence-electron chi connectivity index (χ4n) is 5.93. The minimum Gasteiger partial charge on any atom is -0.390 e. The highest BCUT2D eigenvalue weighted by atomic mass is 19.1. The van der Waals surface area contributed by atoms with Crippen molar-refractivity contribution in [1.82, 2.24) is 4.90 Å². The first kappa shape index (κ1) is 24.6. The molecule has 5 rings (SSSR count). The van der Waals surface area contributed by atoms with Gasteiger partial charge in [-0.15, -0.1) is 0 Å². The minimum atomic E-state index is -0.946. The molecule has 0 aromatic heterocycles. The summed E-state index contributed by atoms with van der Waals surface area (Å²) in [4.78, 5) is 2.47. The van der Waals surface area contributed by atoms with Crippen LogP contribution in [0, 0.1) is 23.0 Å². The molecule has 2 aliphatic heterocycles. The Kier molecular flexibility index (Phi) is 6.42. The quantitative estimate of drug-likeness (QED) is 0.478. The van der Waals surface area contributed by atoms with Gasteiger partial charge in [-0.25, -0.2) is 8.78 Å². The lowest BCUT2D eigenvalue weighted by Gasteiger charge is -2.23. The Balaban J connectivity index is 1.56. The summed E-state index contributed by atoms with van der Waals surface area (Å²) in [7, 11) is 0. The Morgan fingerprint density at radius 1 is 0.972 bits per heavy atom. The molecular formula is C30H31F2N3O. The summed E-state index contributed by atoms with van der Waals surface area (Å²) in [5.41, 5.74) is 9.47. The first-order chi connectivity index (χ1) is 17.1. The Morgan fingerprint density at radius 3 is 2.33 bits per heavy atom. The van der Waals surface area contributed by atoms with E-state index >= 15 is 4.39 Å². The standard InChI is InChI=1S/C30H31F2N3O/c1-30(2,36)15-18-3-9-24(27(32)12-18)23-8-4-19(17-35-22-7-10-29(35)28(34)14-22)11-25(23)20-5-6-21(16-33)26(31)13-20/h3-6,8-9,11-13,22,28-29,36H,7,10,14-15,17,34H2,1-2H3/t22-,28+,29+/m1/s1. The van der Waals surface area contributed by atoms with Crippen LogP contribution in [0.15, 0.2) is 54.6 Å². The summed E-state index contributed by atoms with van der Waals surface area (Å²) in [5, 5.41) is 19.3. The normalized spacial score (nSPS) is 21.6. The molecule has 2 heterocycles. The number of fused-ring (bicyclic) bond motifs is 2. The van der Waals surface area contributed by atoms with E-state index < -0.39 is 17.2 Å². The van der Waals surface area contributed by atoms with Crippen molar-refractivity contribution in [3.8, 4) is 28.3 Å². The molecule has 2 saturated heterocycles. The number of nitrogens with zero attached hydrogens (tertiary/aromatic N) is 2. The Hall–Kier alpha value is -3.11. The van der Waals surface area contributed by atoms with Crippen LogP contribution in [0.25, 0.3) is 22.3 Å². The summed E-state index contributed by atoms with van der Waals surface area (Å²) in [6.45, 7) is 4.12. The lowest BCUT2D eigenvalue weighted by molar-refractivity contribution is 0.0809. The molecule has 186 valence electrons. The fourth-order valence-corrected chi connectivity index (χ4v) is 5.93. The maximum absolute atomic E-state index is 15.4. The van der Waals surface area contributed by atoms with Crippen LogP contribution in [-0.4, -0.2) is 33.7 Å². The van der Waals surface area contributed by atoms with E-state index in [2.05, 4.69) is 4.90 Å². The molecule has 3 N–H and O–H groups in total. The van der Waals surface area contributed by atoms with Gasteiger partial charge in [0.25, 0.3) is 0 Å². The third-order valence-corrected chi connectivity index (χ3v) is 7.54. The van der Waals surface area contributed by atoms with Crippen molar-refractivity contribution < 1.29 is 13.9 Å². The number of halogens is 2. The topological polar surface area (TPSA) is 73.3 Å². The zero-order valence-corrected chi connectivity index (χ0v) is 20.6. The van der Waals surface area contributed by atoms with Crippen molar-refractivity contribution in [1.29, 1.82) is 5.26 Å². The van der Waals surface area contributed by atoms with Crippen LogP contribution < -0.4 is 5.73 Å². The monoisotopic (exact) mass is 487 g/mol. The van der Waals surface area contributed by atoms with Crippen LogP contribution >= 0.6 is 0 Å². The van der Waals surface area contributed by atoms with Gasteiger partial charge < -0.3 is 10.8 Å². The highest BCUT2D eigenvalue weighted by Crippen LogP contribution is 2.40. The van der Waals surface area contributed by atoms with E-state index in [4.69, 9.17) is 11.0 Å². The van der Waals surface area contributed by atoms with Gasteiger partial charge in [0.05, 0.1) is 11.2 Å². The second-order valence-corrected chi connectivity index (χ2v) is 10.9. The van der Waals surface area contributed by atoms with E-state index in [0.717, 1.165) is 31.4 Å². The molecular weight excluding hydrogens is 456 g/mol. The van der Waals surface area contributed by atoms with E-state index in [0.29, 0.717) is 46.3 Å². The number of aliphatic hydroxyl groups is 1. The van der Waals surface area contributed by atoms with E-state index in [9.17, 15) is 9.50 Å². The van der Waals surface area contributed by atoms with Crippen LogP contribution in [0.2, 0.25) is 0 Å². The van der Waals surface area contributed by atoms with Gasteiger partial charge in [-0.05, 0) is 85.2 Å².